The topological polar surface area (TPSA) is 58.4 Å². The molecule has 1 heterocycles. The lowest BCUT2D eigenvalue weighted by molar-refractivity contribution is 0.140. The molecule has 3 N–H and O–H groups in total. The molecular formula is C10H21N3O. The molecule has 1 saturated heterocycles. The number of urea groups is 1. The Labute approximate surface area is 85.8 Å². The molecule has 1 fully saturated rings. The number of piperidine rings is 1. The number of likely N-dealkylation sites (tertiary alicyclic amines) is 1. The number of rotatable bonds is 2. The molecule has 0 spiro atoms. The Kier molecular flexibility index (Phi) is 4.20. The summed E-state index contributed by atoms with van der Waals surface area (Å²) in [4.78, 5) is 13.4. The first-order valence-corrected chi connectivity index (χ1v) is 5.41. The predicted molar refractivity (Wildman–Crippen MR) is 57.0 cm³/mol. The van der Waals surface area contributed by atoms with Gasteiger partial charge in [0.05, 0.1) is 0 Å². The minimum Gasteiger partial charge on any atom is -0.338 e. The van der Waals surface area contributed by atoms with Gasteiger partial charge in [0.15, 0.2) is 0 Å². The standard InChI is InChI=1S/C10H21N3O/c1-3-12-10(14)13-5-4-8(2)9(6-11)7-13/h8-9H,3-7,11H2,1-2H3,(H,12,14). The number of amides is 2. The van der Waals surface area contributed by atoms with E-state index >= 15 is 0 Å². The van der Waals surface area contributed by atoms with E-state index in [4.69, 9.17) is 5.73 Å². The molecule has 4 nitrogen and oxygen atoms in total. The lowest BCUT2D eigenvalue weighted by Crippen LogP contribution is -2.49. The van der Waals surface area contributed by atoms with Crippen molar-refractivity contribution in [3.8, 4) is 0 Å². The minimum absolute atomic E-state index is 0.0536. The number of nitrogens with zero attached hydrogens (tertiary/aromatic N) is 1. The summed E-state index contributed by atoms with van der Waals surface area (Å²) < 4.78 is 0. The highest BCUT2D eigenvalue weighted by Crippen LogP contribution is 2.21. The summed E-state index contributed by atoms with van der Waals surface area (Å²) in [6.45, 7) is 7.19. The Morgan fingerprint density at radius 1 is 1.64 bits per heavy atom. The van der Waals surface area contributed by atoms with E-state index in [0.29, 0.717) is 24.9 Å². The van der Waals surface area contributed by atoms with Crippen LogP contribution in [0.25, 0.3) is 0 Å². The van der Waals surface area contributed by atoms with Gasteiger partial charge in [-0.05, 0) is 31.7 Å². The number of hydrogen-bond acceptors (Lipinski definition) is 2. The van der Waals surface area contributed by atoms with Crippen LogP contribution in [0.5, 0.6) is 0 Å². The number of carbonyl (C=O) groups is 1. The Morgan fingerprint density at radius 3 is 2.93 bits per heavy atom. The smallest absolute Gasteiger partial charge is 0.317 e. The van der Waals surface area contributed by atoms with E-state index in [-0.39, 0.29) is 6.03 Å². The van der Waals surface area contributed by atoms with Gasteiger partial charge in [0.1, 0.15) is 0 Å². The van der Waals surface area contributed by atoms with E-state index in [9.17, 15) is 4.79 Å². The molecular weight excluding hydrogens is 178 g/mol. The van der Waals surface area contributed by atoms with Crippen molar-refractivity contribution in [1.82, 2.24) is 10.2 Å². The van der Waals surface area contributed by atoms with E-state index in [0.717, 1.165) is 19.5 Å². The molecule has 0 aromatic carbocycles. The highest BCUT2D eigenvalue weighted by Gasteiger charge is 2.27. The van der Waals surface area contributed by atoms with Crippen LogP contribution in [0.4, 0.5) is 4.79 Å². The van der Waals surface area contributed by atoms with E-state index in [1.807, 2.05) is 11.8 Å². The fraction of sp³-hybridized carbons (Fsp3) is 0.900. The van der Waals surface area contributed by atoms with E-state index in [1.54, 1.807) is 0 Å². The molecule has 1 aliphatic heterocycles. The molecule has 82 valence electrons. The van der Waals surface area contributed by atoms with Crippen molar-refractivity contribution in [2.24, 2.45) is 17.6 Å². The lowest BCUT2D eigenvalue weighted by atomic mass is 9.87. The summed E-state index contributed by atoms with van der Waals surface area (Å²) in [7, 11) is 0. The molecule has 0 aromatic heterocycles. The van der Waals surface area contributed by atoms with Gasteiger partial charge in [-0.1, -0.05) is 6.92 Å². The molecule has 1 rings (SSSR count). The normalized spacial score (nSPS) is 27.5. The van der Waals surface area contributed by atoms with E-state index in [1.165, 1.54) is 0 Å². The van der Waals surface area contributed by atoms with Crippen LogP contribution in [-0.2, 0) is 0 Å². The zero-order chi connectivity index (χ0) is 10.6. The van der Waals surface area contributed by atoms with Crippen molar-refractivity contribution in [2.75, 3.05) is 26.2 Å². The van der Waals surface area contributed by atoms with Gasteiger partial charge >= 0.3 is 6.03 Å². The second-order valence-electron chi connectivity index (χ2n) is 4.04. The van der Waals surface area contributed by atoms with E-state index < -0.39 is 0 Å². The van der Waals surface area contributed by atoms with Crippen molar-refractivity contribution in [1.29, 1.82) is 0 Å². The number of carbonyl (C=O) groups excluding carboxylic acids is 1. The highest BCUT2D eigenvalue weighted by atomic mass is 16.2. The average molecular weight is 199 g/mol. The third-order valence-electron chi connectivity index (χ3n) is 3.03. The molecule has 2 atom stereocenters. The summed E-state index contributed by atoms with van der Waals surface area (Å²) in [6, 6.07) is 0.0536. The summed E-state index contributed by atoms with van der Waals surface area (Å²) in [5.74, 6) is 1.11. The maximum absolute atomic E-state index is 11.5. The van der Waals surface area contributed by atoms with Gasteiger partial charge in [0.25, 0.3) is 0 Å². The highest BCUT2D eigenvalue weighted by molar-refractivity contribution is 5.74. The predicted octanol–water partition coefficient (Wildman–Crippen LogP) is 0.633. The first-order chi connectivity index (χ1) is 6.69. The molecule has 0 radical (unpaired) electrons. The number of hydrogen-bond donors (Lipinski definition) is 2. The number of nitrogens with one attached hydrogen (secondary N) is 1. The largest absolute Gasteiger partial charge is 0.338 e. The Balaban J connectivity index is 2.45. The first kappa shape index (κ1) is 11.3. The molecule has 2 unspecified atom stereocenters. The van der Waals surface area contributed by atoms with Gasteiger partial charge in [-0.15, -0.1) is 0 Å². The fourth-order valence-electron chi connectivity index (χ4n) is 1.90. The van der Waals surface area contributed by atoms with Crippen LogP contribution in [0.3, 0.4) is 0 Å². The van der Waals surface area contributed by atoms with Crippen molar-refractivity contribution in [3.05, 3.63) is 0 Å². The van der Waals surface area contributed by atoms with Crippen LogP contribution in [0, 0.1) is 11.8 Å². The van der Waals surface area contributed by atoms with Gasteiger partial charge in [-0.25, -0.2) is 4.79 Å². The van der Waals surface area contributed by atoms with Crippen molar-refractivity contribution >= 4 is 6.03 Å². The summed E-state index contributed by atoms with van der Waals surface area (Å²) >= 11 is 0. The zero-order valence-corrected chi connectivity index (χ0v) is 9.12. The molecule has 1 aliphatic rings. The van der Waals surface area contributed by atoms with Crippen LogP contribution in [0.2, 0.25) is 0 Å². The molecule has 2 amide bonds. The SMILES string of the molecule is CCNC(=O)N1CCC(C)C(CN)C1. The maximum Gasteiger partial charge on any atom is 0.317 e. The molecule has 0 bridgehead atoms. The lowest BCUT2D eigenvalue weighted by Gasteiger charge is -2.36. The van der Waals surface area contributed by atoms with Gasteiger partial charge in [-0.3, -0.25) is 0 Å². The summed E-state index contributed by atoms with van der Waals surface area (Å²) in [5.41, 5.74) is 5.67. The Morgan fingerprint density at radius 2 is 2.36 bits per heavy atom. The van der Waals surface area contributed by atoms with Gasteiger partial charge in [0.2, 0.25) is 0 Å². The Hall–Kier alpha value is -0.770. The zero-order valence-electron chi connectivity index (χ0n) is 9.12. The van der Waals surface area contributed by atoms with Crippen LogP contribution in [0.1, 0.15) is 20.3 Å². The average Bonchev–Trinajstić information content (AvgIpc) is 2.19. The molecule has 4 heteroatoms. The molecule has 0 aromatic rings. The van der Waals surface area contributed by atoms with Crippen molar-refractivity contribution in [2.45, 2.75) is 20.3 Å². The van der Waals surface area contributed by atoms with Crippen molar-refractivity contribution in [3.63, 3.8) is 0 Å². The fourth-order valence-corrected chi connectivity index (χ4v) is 1.90. The Bertz CT molecular complexity index is 196. The van der Waals surface area contributed by atoms with Crippen LogP contribution in [0.15, 0.2) is 0 Å². The molecule has 14 heavy (non-hydrogen) atoms. The quantitative estimate of drug-likeness (QED) is 0.685. The number of nitrogens with two attached hydrogens (primary N) is 1. The van der Waals surface area contributed by atoms with Crippen molar-refractivity contribution < 1.29 is 4.79 Å². The van der Waals surface area contributed by atoms with Crippen LogP contribution >= 0.6 is 0 Å². The molecule has 0 saturated carbocycles. The first-order valence-electron chi connectivity index (χ1n) is 5.41. The monoisotopic (exact) mass is 199 g/mol. The third kappa shape index (κ3) is 2.61. The van der Waals surface area contributed by atoms with E-state index in [2.05, 4.69) is 12.2 Å². The second-order valence-corrected chi connectivity index (χ2v) is 4.04. The minimum atomic E-state index is 0.0536. The summed E-state index contributed by atoms with van der Waals surface area (Å²) in [6.07, 6.45) is 1.07. The second kappa shape index (κ2) is 5.20. The van der Waals surface area contributed by atoms with Gasteiger partial charge in [-0.2, -0.15) is 0 Å². The maximum atomic E-state index is 11.5. The molecule has 0 aliphatic carbocycles. The third-order valence-corrected chi connectivity index (χ3v) is 3.03. The summed E-state index contributed by atoms with van der Waals surface area (Å²) in [5, 5.41) is 2.82. The van der Waals surface area contributed by atoms with Crippen LogP contribution in [-0.4, -0.2) is 37.1 Å². The van der Waals surface area contributed by atoms with Crippen LogP contribution < -0.4 is 11.1 Å². The van der Waals surface area contributed by atoms with Gasteiger partial charge in [0, 0.05) is 19.6 Å². The van der Waals surface area contributed by atoms with Gasteiger partial charge < -0.3 is 16.0 Å².